The number of carbonyl (C=O) groups excluding carboxylic acids is 4. The molecule has 2 saturated heterocycles. The van der Waals surface area contributed by atoms with E-state index in [9.17, 15) is 19.2 Å². The fourth-order valence-corrected chi connectivity index (χ4v) is 8.88. The number of imidazole rings is 2. The highest BCUT2D eigenvalue weighted by atomic mass is 16.5. The first-order valence-corrected chi connectivity index (χ1v) is 21.4. The second-order valence-corrected chi connectivity index (χ2v) is 17.0. The van der Waals surface area contributed by atoms with Crippen LogP contribution in [0.25, 0.3) is 55.2 Å². The van der Waals surface area contributed by atoms with Crippen LogP contribution in [0, 0.1) is 11.8 Å². The van der Waals surface area contributed by atoms with Crippen molar-refractivity contribution in [1.82, 2.24) is 40.4 Å². The van der Waals surface area contributed by atoms with Gasteiger partial charge in [0.05, 0.1) is 50.1 Å². The molecule has 2 aliphatic rings. The van der Waals surface area contributed by atoms with Crippen LogP contribution in [-0.4, -0.2) is 93.1 Å². The smallest absolute Gasteiger partial charge is 0.407 e. The lowest BCUT2D eigenvalue weighted by Gasteiger charge is -2.30. The highest BCUT2D eigenvalue weighted by Gasteiger charge is 2.39. The molecule has 0 saturated carbocycles. The zero-order valence-corrected chi connectivity index (χ0v) is 36.0. The van der Waals surface area contributed by atoms with E-state index in [1.807, 2.05) is 49.9 Å². The SMILES string of the molecule is COC(=O)N[C@H](C(=O)N1CCCC1c1ncc(-c2ccc3cc(-c4ccc5cc(-c6cnc([C@@H]7CCCN7C(=O)[C@@H](NC(=O)OC)C(C)C)[nH]6)ccc5c4)ccc3c2)[nH]1)C(C)C. The molecule has 4 heterocycles. The molecule has 14 heteroatoms. The molecule has 0 bridgehead atoms. The van der Waals surface area contributed by atoms with Crippen LogP contribution < -0.4 is 10.6 Å². The number of benzene rings is 4. The van der Waals surface area contributed by atoms with Crippen molar-refractivity contribution in [1.29, 1.82) is 0 Å². The molecule has 4 amide bonds. The summed E-state index contributed by atoms with van der Waals surface area (Å²) in [5.41, 5.74) is 5.98. The van der Waals surface area contributed by atoms with E-state index in [1.165, 1.54) is 14.2 Å². The van der Waals surface area contributed by atoms with Gasteiger partial charge in [-0.2, -0.15) is 0 Å². The molecular formula is C48H54N8O6. The molecule has 2 fully saturated rings. The average Bonchev–Trinajstić information content (AvgIpc) is 4.13. The number of aromatic amines is 2. The van der Waals surface area contributed by atoms with E-state index in [0.29, 0.717) is 13.1 Å². The van der Waals surface area contributed by atoms with Gasteiger partial charge in [0.15, 0.2) is 0 Å². The number of hydrogen-bond donors (Lipinski definition) is 4. The third-order valence-corrected chi connectivity index (χ3v) is 12.3. The summed E-state index contributed by atoms with van der Waals surface area (Å²) < 4.78 is 9.55. The summed E-state index contributed by atoms with van der Waals surface area (Å²) in [4.78, 5) is 71.3. The van der Waals surface area contributed by atoms with Gasteiger partial charge in [-0.25, -0.2) is 19.6 Å². The van der Waals surface area contributed by atoms with Gasteiger partial charge in [-0.05, 0) is 94.5 Å². The summed E-state index contributed by atoms with van der Waals surface area (Å²) in [6.45, 7) is 8.82. The first kappa shape index (κ1) is 42.0. The van der Waals surface area contributed by atoms with E-state index in [4.69, 9.17) is 19.4 Å². The Morgan fingerprint density at radius 3 is 1.29 bits per heavy atom. The molecule has 6 aromatic rings. The zero-order valence-electron chi connectivity index (χ0n) is 36.0. The molecule has 0 radical (unpaired) electrons. The van der Waals surface area contributed by atoms with Crippen molar-refractivity contribution in [3.05, 3.63) is 96.8 Å². The first-order valence-electron chi connectivity index (χ1n) is 21.4. The summed E-state index contributed by atoms with van der Waals surface area (Å²) in [5.74, 6) is 0.984. The minimum absolute atomic E-state index is 0.105. The van der Waals surface area contributed by atoms with Gasteiger partial charge in [-0.3, -0.25) is 9.59 Å². The number of aromatic nitrogens is 4. The second-order valence-electron chi connectivity index (χ2n) is 17.0. The van der Waals surface area contributed by atoms with E-state index < -0.39 is 24.3 Å². The van der Waals surface area contributed by atoms with Crippen molar-refractivity contribution < 1.29 is 28.7 Å². The Balaban J connectivity index is 0.957. The molecule has 1 unspecified atom stereocenters. The molecule has 0 spiro atoms. The Hall–Kier alpha value is -6.70. The Labute approximate surface area is 360 Å². The van der Waals surface area contributed by atoms with Gasteiger partial charge >= 0.3 is 12.2 Å². The Kier molecular flexibility index (Phi) is 12.0. The number of ether oxygens (including phenoxy) is 2. The molecule has 2 aromatic heterocycles. The maximum Gasteiger partial charge on any atom is 0.407 e. The molecule has 2 aliphatic heterocycles. The summed E-state index contributed by atoms with van der Waals surface area (Å²) >= 11 is 0. The maximum atomic E-state index is 13.6. The predicted molar refractivity (Wildman–Crippen MR) is 238 cm³/mol. The number of hydrogen-bond acceptors (Lipinski definition) is 8. The molecule has 322 valence electrons. The van der Waals surface area contributed by atoms with Gasteiger partial charge < -0.3 is 39.9 Å². The van der Waals surface area contributed by atoms with Crippen molar-refractivity contribution >= 4 is 45.5 Å². The molecule has 4 N–H and O–H groups in total. The predicted octanol–water partition coefficient (Wildman–Crippen LogP) is 8.53. The number of fused-ring (bicyclic) bond motifs is 2. The number of H-pyrrole nitrogens is 2. The third kappa shape index (κ3) is 8.46. The number of rotatable bonds is 11. The van der Waals surface area contributed by atoms with Crippen molar-refractivity contribution in [2.75, 3.05) is 27.3 Å². The Morgan fingerprint density at radius 1 is 0.581 bits per heavy atom. The normalized spacial score (nSPS) is 17.5. The van der Waals surface area contributed by atoms with Crippen LogP contribution in [-0.2, 0) is 19.1 Å². The molecule has 8 rings (SSSR count). The van der Waals surface area contributed by atoms with E-state index in [1.54, 1.807) is 0 Å². The molecule has 4 aromatic carbocycles. The van der Waals surface area contributed by atoms with Crippen LogP contribution in [0.5, 0.6) is 0 Å². The monoisotopic (exact) mass is 838 g/mol. The lowest BCUT2D eigenvalue weighted by Crippen LogP contribution is -2.51. The summed E-state index contributed by atoms with van der Waals surface area (Å²) in [7, 11) is 2.59. The fourth-order valence-electron chi connectivity index (χ4n) is 8.88. The summed E-state index contributed by atoms with van der Waals surface area (Å²) in [6.07, 6.45) is 5.68. The van der Waals surface area contributed by atoms with Gasteiger partial charge in [0.1, 0.15) is 23.7 Å². The minimum Gasteiger partial charge on any atom is -0.453 e. The maximum absolute atomic E-state index is 13.6. The Bertz CT molecular complexity index is 2450. The van der Waals surface area contributed by atoms with Crippen LogP contribution in [0.1, 0.15) is 77.1 Å². The second kappa shape index (κ2) is 17.7. The van der Waals surface area contributed by atoms with Crippen molar-refractivity contribution in [3.63, 3.8) is 0 Å². The molecule has 62 heavy (non-hydrogen) atoms. The topological polar surface area (TPSA) is 175 Å². The van der Waals surface area contributed by atoms with E-state index in [0.717, 1.165) is 92.5 Å². The number of amides is 4. The number of carbonyl (C=O) groups is 4. The summed E-state index contributed by atoms with van der Waals surface area (Å²) in [6, 6.07) is 23.9. The quantitative estimate of drug-likeness (QED) is 0.100. The van der Waals surface area contributed by atoms with E-state index in [-0.39, 0.29) is 35.7 Å². The minimum atomic E-state index is -0.688. The van der Waals surface area contributed by atoms with Crippen molar-refractivity contribution in [2.24, 2.45) is 11.8 Å². The highest BCUT2D eigenvalue weighted by Crippen LogP contribution is 2.36. The van der Waals surface area contributed by atoms with E-state index in [2.05, 4.69) is 93.4 Å². The van der Waals surface area contributed by atoms with Crippen molar-refractivity contribution in [3.8, 4) is 33.6 Å². The molecule has 14 nitrogen and oxygen atoms in total. The van der Waals surface area contributed by atoms with Crippen LogP contribution in [0.3, 0.4) is 0 Å². The molecule has 0 aliphatic carbocycles. The van der Waals surface area contributed by atoms with Crippen LogP contribution in [0.2, 0.25) is 0 Å². The van der Waals surface area contributed by atoms with Gasteiger partial charge in [-0.15, -0.1) is 0 Å². The largest absolute Gasteiger partial charge is 0.453 e. The average molecular weight is 839 g/mol. The van der Waals surface area contributed by atoms with Gasteiger partial charge in [0.2, 0.25) is 11.8 Å². The number of alkyl carbamates (subject to hydrolysis) is 2. The summed E-state index contributed by atoms with van der Waals surface area (Å²) in [5, 5.41) is 9.84. The standard InChI is InChI=1S/C48H54N8O6/c1-27(2)41(53-47(59)61-5)45(57)55-19-7-9-39(55)43-49-25-37(51-43)35-17-15-31-21-29(11-13-33(31)23-35)30-12-14-34-24-36(18-16-32(34)22-30)38-26-50-44(52-38)40-10-8-20-56(40)46(58)42(28(3)4)54-48(60)62-6/h11-18,21-28,39-42H,7-10,19-20H2,1-6H3,(H,49,51)(H,50,52)(H,53,59)(H,54,60)/t39-,40?,41-,42-/m0/s1. The number of nitrogens with zero attached hydrogens (tertiary/aromatic N) is 4. The number of likely N-dealkylation sites (tertiary alicyclic amines) is 2. The van der Waals surface area contributed by atoms with Crippen LogP contribution in [0.4, 0.5) is 9.59 Å². The highest BCUT2D eigenvalue weighted by molar-refractivity contribution is 5.94. The van der Waals surface area contributed by atoms with E-state index >= 15 is 0 Å². The van der Waals surface area contributed by atoms with Crippen molar-refractivity contribution in [2.45, 2.75) is 77.5 Å². The lowest BCUT2D eigenvalue weighted by atomic mass is 9.97. The fraction of sp³-hybridized carbons (Fsp3) is 0.375. The van der Waals surface area contributed by atoms with Gasteiger partial charge in [0, 0.05) is 24.2 Å². The zero-order chi connectivity index (χ0) is 43.7. The van der Waals surface area contributed by atoms with Crippen LogP contribution in [0.15, 0.2) is 85.2 Å². The Morgan fingerprint density at radius 2 is 0.935 bits per heavy atom. The molecule has 4 atom stereocenters. The number of methoxy groups -OCH3 is 2. The van der Waals surface area contributed by atoms with Gasteiger partial charge in [-0.1, -0.05) is 76.2 Å². The van der Waals surface area contributed by atoms with Gasteiger partial charge in [0.25, 0.3) is 0 Å². The first-order chi connectivity index (χ1) is 29.9. The lowest BCUT2D eigenvalue weighted by molar-refractivity contribution is -0.136. The third-order valence-electron chi connectivity index (χ3n) is 12.3. The number of nitrogens with one attached hydrogen (secondary N) is 4. The van der Waals surface area contributed by atoms with Crippen LogP contribution >= 0.6 is 0 Å². The molecular weight excluding hydrogens is 785 g/mol.